The number of nitrogens with one attached hydrogen (secondary N) is 1. The predicted octanol–water partition coefficient (Wildman–Crippen LogP) is 2.21. The molecule has 2 amide bonds. The van der Waals surface area contributed by atoms with Crippen molar-refractivity contribution in [2.75, 3.05) is 32.8 Å². The summed E-state index contributed by atoms with van der Waals surface area (Å²) in [5.41, 5.74) is 0.578. The first-order chi connectivity index (χ1) is 12.7. The fourth-order valence-corrected chi connectivity index (χ4v) is 3.33. The summed E-state index contributed by atoms with van der Waals surface area (Å²) >= 11 is 1.54. The highest BCUT2D eigenvalue weighted by molar-refractivity contribution is 7.99. The van der Waals surface area contributed by atoms with Crippen LogP contribution in [0.2, 0.25) is 0 Å². The average Bonchev–Trinajstić information content (AvgIpc) is 2.70. The molecule has 6 nitrogen and oxygen atoms in total. The van der Waals surface area contributed by atoms with Crippen molar-refractivity contribution in [1.82, 2.24) is 15.2 Å². The quantitative estimate of drug-likeness (QED) is 0.843. The summed E-state index contributed by atoms with van der Waals surface area (Å²) in [6.07, 6.45) is 2.06. The number of carbonyl (C=O) groups excluding carboxylic acids is 2. The topological polar surface area (TPSA) is 71.5 Å². The second-order valence-corrected chi connectivity index (χ2v) is 6.89. The van der Waals surface area contributed by atoms with Crippen LogP contribution in [0.15, 0.2) is 58.6 Å². The first-order valence-corrected chi connectivity index (χ1v) is 9.37. The molecular formula is C19H21N3O3S. The fourth-order valence-electron chi connectivity index (χ4n) is 2.56. The number of nitrogens with zero attached hydrogens (tertiary/aromatic N) is 2. The van der Waals surface area contributed by atoms with E-state index in [0.717, 1.165) is 9.92 Å². The van der Waals surface area contributed by atoms with Crippen LogP contribution in [0.4, 0.5) is 0 Å². The maximum atomic E-state index is 12.2. The van der Waals surface area contributed by atoms with Crippen LogP contribution in [0, 0.1) is 0 Å². The van der Waals surface area contributed by atoms with Gasteiger partial charge in [-0.25, -0.2) is 4.98 Å². The Balaban J connectivity index is 1.45. The summed E-state index contributed by atoms with van der Waals surface area (Å²) in [7, 11) is 0. The second-order valence-electron chi connectivity index (χ2n) is 5.79. The number of ether oxygens (including phenoxy) is 1. The average molecular weight is 371 g/mol. The van der Waals surface area contributed by atoms with Crippen LogP contribution in [-0.2, 0) is 9.53 Å². The van der Waals surface area contributed by atoms with Crippen molar-refractivity contribution in [3.8, 4) is 0 Å². The maximum absolute atomic E-state index is 12.2. The molecule has 0 radical (unpaired) electrons. The number of hydrogen-bond donors (Lipinski definition) is 1. The highest BCUT2D eigenvalue weighted by Crippen LogP contribution is 2.25. The Labute approximate surface area is 156 Å². The fraction of sp³-hybridized carbons (Fsp3) is 0.316. The molecule has 136 valence electrons. The molecule has 26 heavy (non-hydrogen) atoms. The highest BCUT2D eigenvalue weighted by Gasteiger charge is 2.16. The Morgan fingerprint density at radius 3 is 2.58 bits per heavy atom. The largest absolute Gasteiger partial charge is 0.378 e. The molecular weight excluding hydrogens is 350 g/mol. The van der Waals surface area contributed by atoms with E-state index in [4.69, 9.17) is 4.74 Å². The van der Waals surface area contributed by atoms with Crippen molar-refractivity contribution in [1.29, 1.82) is 0 Å². The number of hydrogen-bond acceptors (Lipinski definition) is 5. The molecule has 7 heteroatoms. The first kappa shape index (κ1) is 18.4. The van der Waals surface area contributed by atoms with Crippen LogP contribution in [0.3, 0.4) is 0 Å². The normalized spacial score (nSPS) is 14.1. The van der Waals surface area contributed by atoms with Gasteiger partial charge in [-0.3, -0.25) is 9.59 Å². The molecule has 0 spiro atoms. The molecule has 0 unspecified atom stereocenters. The Morgan fingerprint density at radius 1 is 1.12 bits per heavy atom. The summed E-state index contributed by atoms with van der Waals surface area (Å²) < 4.78 is 5.23. The molecule has 1 aliphatic heterocycles. The monoisotopic (exact) mass is 371 g/mol. The molecule has 2 aromatic rings. The van der Waals surface area contributed by atoms with Crippen LogP contribution >= 0.6 is 11.8 Å². The smallest absolute Gasteiger partial charge is 0.251 e. The number of benzene rings is 1. The molecule has 0 bridgehead atoms. The summed E-state index contributed by atoms with van der Waals surface area (Å²) in [5.74, 6) is -0.120. The lowest BCUT2D eigenvalue weighted by Gasteiger charge is -2.26. The van der Waals surface area contributed by atoms with E-state index in [1.165, 1.54) is 0 Å². The van der Waals surface area contributed by atoms with Crippen molar-refractivity contribution in [3.63, 3.8) is 0 Å². The Hall–Kier alpha value is -2.38. The van der Waals surface area contributed by atoms with E-state index in [-0.39, 0.29) is 11.8 Å². The highest BCUT2D eigenvalue weighted by atomic mass is 32.2. The van der Waals surface area contributed by atoms with Gasteiger partial charge in [0.2, 0.25) is 5.91 Å². The minimum absolute atomic E-state index is 0.0516. The predicted molar refractivity (Wildman–Crippen MR) is 99.2 cm³/mol. The molecule has 1 fully saturated rings. The second kappa shape index (κ2) is 9.35. The van der Waals surface area contributed by atoms with Gasteiger partial charge in [0.1, 0.15) is 5.03 Å². The van der Waals surface area contributed by atoms with Gasteiger partial charge in [-0.15, -0.1) is 0 Å². The third-order valence-corrected chi connectivity index (χ3v) is 4.92. The van der Waals surface area contributed by atoms with Gasteiger partial charge in [0.05, 0.1) is 13.2 Å². The zero-order valence-electron chi connectivity index (χ0n) is 14.4. The number of carbonyl (C=O) groups is 2. The van der Waals surface area contributed by atoms with E-state index in [1.54, 1.807) is 35.0 Å². The summed E-state index contributed by atoms with van der Waals surface area (Å²) in [5, 5.41) is 3.71. The van der Waals surface area contributed by atoms with Gasteiger partial charge >= 0.3 is 0 Å². The molecule has 0 aliphatic carbocycles. The number of rotatable bonds is 6. The van der Waals surface area contributed by atoms with E-state index >= 15 is 0 Å². The lowest BCUT2D eigenvalue weighted by molar-refractivity contribution is -0.135. The van der Waals surface area contributed by atoms with Crippen molar-refractivity contribution in [2.24, 2.45) is 0 Å². The third-order valence-electron chi connectivity index (χ3n) is 3.96. The molecule has 1 aromatic carbocycles. The van der Waals surface area contributed by atoms with Crippen LogP contribution < -0.4 is 5.32 Å². The zero-order chi connectivity index (χ0) is 18.2. The summed E-state index contributed by atoms with van der Waals surface area (Å²) in [6, 6.07) is 13.1. The lowest BCUT2D eigenvalue weighted by atomic mass is 10.2. The maximum Gasteiger partial charge on any atom is 0.251 e. The Kier molecular flexibility index (Phi) is 6.62. The van der Waals surface area contributed by atoms with Crippen molar-refractivity contribution in [3.05, 3.63) is 54.2 Å². The molecule has 1 aliphatic rings. The van der Waals surface area contributed by atoms with E-state index in [9.17, 15) is 9.59 Å². The van der Waals surface area contributed by atoms with Gasteiger partial charge < -0.3 is 15.0 Å². The van der Waals surface area contributed by atoms with Crippen LogP contribution in [0.5, 0.6) is 0 Å². The third kappa shape index (κ3) is 5.31. The Morgan fingerprint density at radius 2 is 1.88 bits per heavy atom. The molecule has 1 aromatic heterocycles. The van der Waals surface area contributed by atoms with Gasteiger partial charge in [0, 0.05) is 42.7 Å². The van der Waals surface area contributed by atoms with E-state index < -0.39 is 0 Å². The molecule has 3 rings (SSSR count). The van der Waals surface area contributed by atoms with Crippen molar-refractivity contribution < 1.29 is 14.3 Å². The van der Waals surface area contributed by atoms with Gasteiger partial charge in [0.25, 0.3) is 5.91 Å². The molecule has 2 heterocycles. The van der Waals surface area contributed by atoms with E-state index in [2.05, 4.69) is 10.3 Å². The standard InChI is InChI=1S/C19H21N3O3S/c23-18(22-11-13-25-14-12-22)8-10-21-19(24)15-4-6-16(7-5-15)26-17-3-1-2-9-20-17/h1-7,9H,8,10-14H2,(H,21,24). The summed E-state index contributed by atoms with van der Waals surface area (Å²) in [4.78, 5) is 31.3. The number of morpholine rings is 1. The number of amides is 2. The molecule has 1 N–H and O–H groups in total. The van der Waals surface area contributed by atoms with Crippen LogP contribution in [0.25, 0.3) is 0 Å². The minimum Gasteiger partial charge on any atom is -0.378 e. The Bertz CT molecular complexity index is 731. The van der Waals surface area contributed by atoms with Crippen molar-refractivity contribution in [2.45, 2.75) is 16.3 Å². The van der Waals surface area contributed by atoms with Gasteiger partial charge in [-0.2, -0.15) is 0 Å². The molecule has 0 saturated carbocycles. The van der Waals surface area contributed by atoms with Gasteiger partial charge in [-0.1, -0.05) is 17.8 Å². The number of aromatic nitrogens is 1. The molecule has 0 atom stereocenters. The van der Waals surface area contributed by atoms with Gasteiger partial charge in [0.15, 0.2) is 0 Å². The number of pyridine rings is 1. The van der Waals surface area contributed by atoms with Crippen molar-refractivity contribution >= 4 is 23.6 Å². The lowest BCUT2D eigenvalue weighted by Crippen LogP contribution is -2.42. The van der Waals surface area contributed by atoms with Crippen LogP contribution in [0.1, 0.15) is 16.8 Å². The minimum atomic E-state index is -0.172. The molecule has 1 saturated heterocycles. The van der Waals surface area contributed by atoms with E-state index in [0.29, 0.717) is 44.8 Å². The SMILES string of the molecule is O=C(NCCC(=O)N1CCOCC1)c1ccc(Sc2ccccn2)cc1. The summed E-state index contributed by atoms with van der Waals surface area (Å²) in [6.45, 7) is 2.76. The zero-order valence-corrected chi connectivity index (χ0v) is 15.2. The van der Waals surface area contributed by atoms with E-state index in [1.807, 2.05) is 30.3 Å². The van der Waals surface area contributed by atoms with Gasteiger partial charge in [-0.05, 0) is 36.4 Å². The first-order valence-electron chi connectivity index (χ1n) is 8.55. The van der Waals surface area contributed by atoms with Crippen LogP contribution in [-0.4, -0.2) is 54.5 Å².